The highest BCUT2D eigenvalue weighted by molar-refractivity contribution is 5.98. The Morgan fingerprint density at radius 2 is 0.562 bits per heavy atom. The Bertz CT molecular complexity index is 6350. The van der Waals surface area contributed by atoms with Gasteiger partial charge in [-0.1, -0.05) is 194 Å². The van der Waals surface area contributed by atoms with Gasteiger partial charge in [0, 0.05) is 88.0 Å². The van der Waals surface area contributed by atoms with Crippen molar-refractivity contribution in [2.45, 2.75) is 77.0 Å². The zero-order valence-corrected chi connectivity index (χ0v) is 61.8. The van der Waals surface area contributed by atoms with E-state index in [1.165, 1.54) is 247 Å². The molecule has 4 aliphatic carbocycles. The summed E-state index contributed by atoms with van der Waals surface area (Å²) in [4.78, 5) is 28.3. The molecule has 8 heteroatoms. The summed E-state index contributed by atoms with van der Waals surface area (Å²) in [5.41, 5.74) is 61.1. The van der Waals surface area contributed by atoms with Crippen molar-refractivity contribution in [1.82, 2.24) is 19.9 Å². The van der Waals surface area contributed by atoms with Crippen LogP contribution in [0.25, 0.3) is 44.5 Å². The first-order valence-electron chi connectivity index (χ1n) is 39.8. The quantitative estimate of drug-likeness (QED) is 0.149. The normalized spacial score (nSPS) is 14.6. The van der Waals surface area contributed by atoms with Crippen molar-refractivity contribution in [2.75, 3.05) is 19.6 Å². The van der Waals surface area contributed by atoms with Gasteiger partial charge in [0.2, 0.25) is 0 Å². The summed E-state index contributed by atoms with van der Waals surface area (Å²) in [6, 6.07) is 94.1. The average molecular weight is 1430 g/mol. The maximum atomic E-state index is 4.82. The van der Waals surface area contributed by atoms with Crippen molar-refractivity contribution in [2.24, 2.45) is 0 Å². The smallest absolute Gasteiger partial charge is 0.0716 e. The summed E-state index contributed by atoms with van der Waals surface area (Å²) in [6.07, 6.45) is 23.8. The molecule has 0 saturated heterocycles. The summed E-state index contributed by atoms with van der Waals surface area (Å²) < 4.78 is 0. The highest BCUT2D eigenvalue weighted by Gasteiger charge is 2.41. The van der Waals surface area contributed by atoms with E-state index in [0.29, 0.717) is 0 Å². The van der Waals surface area contributed by atoms with Gasteiger partial charge in [-0.25, -0.2) is 0 Å². The molecular formula is C104H72N8. The van der Waals surface area contributed by atoms with Crippen LogP contribution in [0, 0.1) is 0 Å². The van der Waals surface area contributed by atoms with E-state index in [0.717, 1.165) is 77.0 Å². The van der Waals surface area contributed by atoms with Gasteiger partial charge in [0.1, 0.15) is 0 Å². The summed E-state index contributed by atoms with van der Waals surface area (Å²) in [5, 5.41) is 0. The van der Waals surface area contributed by atoms with Crippen LogP contribution in [0.5, 0.6) is 0 Å². The van der Waals surface area contributed by atoms with Crippen molar-refractivity contribution in [3.63, 3.8) is 0 Å². The fourth-order valence-corrected chi connectivity index (χ4v) is 21.6. The van der Waals surface area contributed by atoms with E-state index >= 15 is 0 Å². The first-order valence-corrected chi connectivity index (χ1v) is 39.8. The number of rotatable bonds is 0. The second-order valence-corrected chi connectivity index (χ2v) is 32.1. The molecule has 0 atom stereocenters. The molecule has 0 fully saturated rings. The first kappa shape index (κ1) is 62.3. The molecule has 0 amide bonds. The van der Waals surface area contributed by atoms with E-state index in [1.54, 1.807) is 0 Å². The molecule has 0 saturated carbocycles. The molecule has 0 bridgehead atoms. The third-order valence-corrected chi connectivity index (χ3v) is 26.4. The van der Waals surface area contributed by atoms with Crippen LogP contribution in [0.3, 0.4) is 0 Å². The number of nitrogens with zero attached hydrogens (tertiary/aromatic N) is 8. The molecule has 0 unspecified atom stereocenters. The molecule has 0 N–H and O–H groups in total. The standard InChI is InChI=1S/4C26H18N2/c1-3-7-20-16(5-1)13-18-9-10-24-21(25(18)20)15-22-26-19(11-12-27-22)14-17-6-2-4-8-23(17)28(24)26;1-2-8-19-16(5-1)13-21-20(19)10-11-24-22(21)14-17-6-3-7-18-15-23-25(9-4-12-27-23)28(24)26(17)18;1-2-7-20-16(4-1)13-22-21(20)8-9-24-23(22)14-19-6-3-5-18-12-17-10-11-27-15-25(17)28(24)26(18)19;1-2-7-20-16(4-1)13-22-21(20)8-9-25-23(22)14-18-6-3-5-17-12-19-15-27-11-10-24(19)28(25)26(17)18/h2*1-12H,13-15H2;2*1-11,15H,12-14H2. The zero-order chi connectivity index (χ0) is 73.0. The maximum absolute atomic E-state index is 4.82. The minimum absolute atomic E-state index is 0.911. The molecule has 528 valence electrons. The number of benzene rings is 12. The van der Waals surface area contributed by atoms with Crippen LogP contribution in [0.1, 0.15) is 134 Å². The summed E-state index contributed by atoms with van der Waals surface area (Å²) >= 11 is 0. The Labute approximate surface area is 651 Å². The van der Waals surface area contributed by atoms with E-state index < -0.39 is 0 Å². The van der Waals surface area contributed by atoms with Crippen molar-refractivity contribution >= 4 is 68.2 Å². The topological polar surface area (TPSA) is 64.5 Å². The van der Waals surface area contributed by atoms with Gasteiger partial charge >= 0.3 is 0 Å². The highest BCUT2D eigenvalue weighted by Crippen LogP contribution is 2.59. The molecule has 12 aromatic carbocycles. The van der Waals surface area contributed by atoms with Gasteiger partial charge in [-0.3, -0.25) is 19.9 Å². The second-order valence-electron chi connectivity index (χ2n) is 32.1. The predicted molar refractivity (Wildman–Crippen MR) is 451 cm³/mol. The third-order valence-electron chi connectivity index (χ3n) is 26.4. The molecule has 8 aliphatic heterocycles. The monoisotopic (exact) mass is 1430 g/mol. The molecule has 8 nitrogen and oxygen atoms in total. The summed E-state index contributed by atoms with van der Waals surface area (Å²) in [6.45, 7) is 0. The average Bonchev–Trinajstić information content (AvgIpc) is 1.25. The summed E-state index contributed by atoms with van der Waals surface area (Å²) in [5.74, 6) is 0. The van der Waals surface area contributed by atoms with Gasteiger partial charge in [0.15, 0.2) is 0 Å². The lowest BCUT2D eigenvalue weighted by Gasteiger charge is -2.39. The van der Waals surface area contributed by atoms with Gasteiger partial charge < -0.3 is 19.6 Å². The van der Waals surface area contributed by atoms with Gasteiger partial charge in [0.05, 0.1) is 80.1 Å². The van der Waals surface area contributed by atoms with Crippen molar-refractivity contribution in [3.8, 4) is 44.5 Å². The number of fused-ring (bicyclic) bond motifs is 32. The number of hydrogen-bond donors (Lipinski definition) is 0. The molecule has 28 rings (SSSR count). The largest absolute Gasteiger partial charge is 0.309 e. The summed E-state index contributed by atoms with van der Waals surface area (Å²) in [7, 11) is 0. The van der Waals surface area contributed by atoms with Crippen LogP contribution in [0.4, 0.5) is 68.2 Å². The van der Waals surface area contributed by atoms with E-state index in [1.807, 2.05) is 37.2 Å². The fourth-order valence-electron chi connectivity index (χ4n) is 21.6. The number of hydrogen-bond acceptors (Lipinski definition) is 8. The number of aromatic nitrogens is 4. The Hall–Kier alpha value is -13.6. The van der Waals surface area contributed by atoms with Crippen LogP contribution >= 0.6 is 0 Å². The lowest BCUT2D eigenvalue weighted by atomic mass is 9.84. The number of para-hydroxylation sites is 4. The molecule has 0 spiro atoms. The molecular weight excluding hydrogens is 1360 g/mol. The Morgan fingerprint density at radius 1 is 0.179 bits per heavy atom. The predicted octanol–water partition coefficient (Wildman–Crippen LogP) is 23.7. The second kappa shape index (κ2) is 24.0. The SMILES string of the molecule is c1ccc2c(c1)Cc1c-2ccc2c1Cc1cccc3c1N2c1cccnc1C3.c1ccc2c(c1)Cc1c-2ccc2c1Cc1cccc3c1N2c1ccncc1C3.c1ccc2c(c1)Cc1c-2ccc2c1Cc1cccc3c1N2c1cnccc1C3.c1ccc2c(c1)Cc1ccc3c(c1-2)Cc1nccc2c1N3c1ccccc1C2. The van der Waals surface area contributed by atoms with E-state index in [4.69, 9.17) is 9.97 Å². The van der Waals surface area contributed by atoms with Crippen molar-refractivity contribution in [1.29, 1.82) is 0 Å². The van der Waals surface area contributed by atoms with Crippen LogP contribution in [0.15, 0.2) is 292 Å². The zero-order valence-electron chi connectivity index (χ0n) is 61.8. The first-order chi connectivity index (χ1) is 55.5. The van der Waals surface area contributed by atoms with Crippen molar-refractivity contribution < 1.29 is 0 Å². The van der Waals surface area contributed by atoms with Crippen molar-refractivity contribution in [3.05, 3.63) is 426 Å². The lowest BCUT2D eigenvalue weighted by molar-refractivity contribution is 0.961. The van der Waals surface area contributed by atoms with E-state index in [2.05, 4.69) is 284 Å². The maximum Gasteiger partial charge on any atom is 0.0716 e. The van der Waals surface area contributed by atoms with Crippen LogP contribution in [-0.4, -0.2) is 19.9 Å². The van der Waals surface area contributed by atoms with Gasteiger partial charge in [-0.2, -0.15) is 0 Å². The molecule has 12 heterocycles. The Balaban J connectivity index is 0.0000000847. The molecule has 0 radical (unpaired) electrons. The van der Waals surface area contributed by atoms with E-state index in [9.17, 15) is 0 Å². The molecule has 16 aromatic rings. The Kier molecular flexibility index (Phi) is 13.3. The van der Waals surface area contributed by atoms with Crippen LogP contribution in [0.2, 0.25) is 0 Å². The third kappa shape index (κ3) is 9.12. The van der Waals surface area contributed by atoms with Crippen LogP contribution < -0.4 is 19.6 Å². The highest BCUT2D eigenvalue weighted by atomic mass is 15.2. The van der Waals surface area contributed by atoms with Crippen LogP contribution in [-0.2, 0) is 77.0 Å². The Morgan fingerprint density at radius 3 is 1.16 bits per heavy atom. The molecule has 4 aromatic heterocycles. The minimum atomic E-state index is 0.911. The van der Waals surface area contributed by atoms with Gasteiger partial charge in [-0.15, -0.1) is 0 Å². The number of anilines is 12. The van der Waals surface area contributed by atoms with Gasteiger partial charge in [0.25, 0.3) is 0 Å². The minimum Gasteiger partial charge on any atom is -0.309 e. The molecule has 12 aliphatic rings. The molecule has 112 heavy (non-hydrogen) atoms. The van der Waals surface area contributed by atoms with E-state index in [-0.39, 0.29) is 0 Å². The van der Waals surface area contributed by atoms with Gasteiger partial charge in [-0.05, 0) is 253 Å². The number of pyridine rings is 4. The lowest BCUT2D eigenvalue weighted by Crippen LogP contribution is -2.25. The fraction of sp³-hybridized carbons (Fsp3) is 0.115.